The molecule has 6 heteroatoms. The summed E-state index contributed by atoms with van der Waals surface area (Å²) in [6.45, 7) is 9.19. The van der Waals surface area contributed by atoms with Crippen LogP contribution >= 0.6 is 12.2 Å². The summed E-state index contributed by atoms with van der Waals surface area (Å²) in [7, 11) is 0. The molecule has 24 heavy (non-hydrogen) atoms. The molecule has 1 aliphatic heterocycles. The fraction of sp³-hybridized carbons (Fsp3) is 0.389. The highest BCUT2D eigenvalue weighted by molar-refractivity contribution is 7.80. The molecule has 1 aromatic rings. The van der Waals surface area contributed by atoms with Gasteiger partial charge in [0, 0.05) is 12.6 Å². The maximum atomic E-state index is 12.5. The van der Waals surface area contributed by atoms with Gasteiger partial charge in [-0.3, -0.25) is 9.69 Å². The third kappa shape index (κ3) is 3.33. The quantitative estimate of drug-likeness (QED) is 0.674. The average molecular weight is 346 g/mol. The Hall–Kier alpha value is -2.21. The number of nitrogens with one attached hydrogen (secondary N) is 1. The maximum Gasteiger partial charge on any atom is 0.338 e. The van der Waals surface area contributed by atoms with Crippen LogP contribution in [0.5, 0.6) is 0 Å². The van der Waals surface area contributed by atoms with Crippen LogP contribution < -0.4 is 5.32 Å². The van der Waals surface area contributed by atoms with Crippen molar-refractivity contribution in [1.29, 1.82) is 0 Å². The van der Waals surface area contributed by atoms with Gasteiger partial charge in [-0.05, 0) is 51.0 Å². The van der Waals surface area contributed by atoms with Crippen molar-refractivity contribution in [1.82, 2.24) is 10.2 Å². The predicted octanol–water partition coefficient (Wildman–Crippen LogP) is 2.92. The Morgan fingerprint density at radius 3 is 2.50 bits per heavy atom. The number of carbonyl (C=O) groups excluding carboxylic acids is 2. The van der Waals surface area contributed by atoms with E-state index in [1.165, 1.54) is 11.8 Å². The molecule has 2 rings (SSSR count). The number of ether oxygens (including phenoxy) is 1. The lowest BCUT2D eigenvalue weighted by molar-refractivity contribution is -0.139. The van der Waals surface area contributed by atoms with Crippen LogP contribution in [0.2, 0.25) is 0 Å². The monoisotopic (exact) mass is 346 g/mol. The fourth-order valence-electron chi connectivity index (χ4n) is 2.96. The third-order valence-electron chi connectivity index (χ3n) is 4.00. The van der Waals surface area contributed by atoms with Gasteiger partial charge in [0.1, 0.15) is 0 Å². The second kappa shape index (κ2) is 7.13. The largest absolute Gasteiger partial charge is 0.463 e. The Morgan fingerprint density at radius 2 is 1.96 bits per heavy atom. The molecule has 5 nitrogen and oxygen atoms in total. The summed E-state index contributed by atoms with van der Waals surface area (Å²) >= 11 is 5.34. The van der Waals surface area contributed by atoms with Crippen LogP contribution in [0.4, 0.5) is 0 Å². The Bertz CT molecular complexity index is 740. The smallest absolute Gasteiger partial charge is 0.338 e. The van der Waals surface area contributed by atoms with Crippen molar-refractivity contribution < 1.29 is 14.3 Å². The molecule has 0 aliphatic carbocycles. The number of hydrogen-bond donors (Lipinski definition) is 1. The number of carbonyl (C=O) groups is 2. The zero-order chi connectivity index (χ0) is 18.0. The lowest BCUT2D eigenvalue weighted by Crippen LogP contribution is -2.50. The standard InChI is InChI=1S/C18H22N2O3S/c1-6-23-17(22)15-12(4)19-18(24)20(13(5)21)16(15)14-8-7-10(2)9-11(14)3/h7-9,16H,6H2,1-5H3,(H,19,24). The van der Waals surface area contributed by atoms with E-state index in [1.54, 1.807) is 13.8 Å². The van der Waals surface area contributed by atoms with Crippen LogP contribution in [0.25, 0.3) is 0 Å². The molecule has 0 aromatic heterocycles. The second-order valence-electron chi connectivity index (χ2n) is 5.84. The molecule has 1 unspecified atom stereocenters. The van der Waals surface area contributed by atoms with Gasteiger partial charge in [-0.1, -0.05) is 23.8 Å². The van der Waals surface area contributed by atoms with Gasteiger partial charge in [0.15, 0.2) is 5.11 Å². The van der Waals surface area contributed by atoms with Gasteiger partial charge < -0.3 is 10.1 Å². The highest BCUT2D eigenvalue weighted by Crippen LogP contribution is 2.36. The van der Waals surface area contributed by atoms with Gasteiger partial charge in [-0.25, -0.2) is 4.79 Å². The molecule has 1 aromatic carbocycles. The van der Waals surface area contributed by atoms with Crippen molar-refractivity contribution in [2.45, 2.75) is 40.7 Å². The molecular weight excluding hydrogens is 324 g/mol. The van der Waals surface area contributed by atoms with E-state index in [0.29, 0.717) is 11.3 Å². The number of benzene rings is 1. The van der Waals surface area contributed by atoms with Crippen LogP contribution in [0, 0.1) is 13.8 Å². The molecule has 1 heterocycles. The summed E-state index contributed by atoms with van der Waals surface area (Å²) in [5, 5.41) is 3.24. The summed E-state index contributed by atoms with van der Waals surface area (Å²) in [5.74, 6) is -0.673. The minimum Gasteiger partial charge on any atom is -0.463 e. The Kier molecular flexibility index (Phi) is 5.39. The van der Waals surface area contributed by atoms with Gasteiger partial charge in [0.05, 0.1) is 18.2 Å². The number of nitrogens with zero attached hydrogens (tertiary/aromatic N) is 1. The van der Waals surface area contributed by atoms with E-state index in [0.717, 1.165) is 16.7 Å². The van der Waals surface area contributed by atoms with E-state index >= 15 is 0 Å². The first-order chi connectivity index (χ1) is 11.3. The first-order valence-electron chi connectivity index (χ1n) is 7.83. The Balaban J connectivity index is 2.68. The van der Waals surface area contributed by atoms with Crippen molar-refractivity contribution in [2.75, 3.05) is 6.61 Å². The van der Waals surface area contributed by atoms with Crippen molar-refractivity contribution in [3.05, 3.63) is 46.2 Å². The summed E-state index contributed by atoms with van der Waals surface area (Å²) < 4.78 is 5.21. The third-order valence-corrected chi connectivity index (χ3v) is 4.30. The highest BCUT2D eigenvalue weighted by Gasteiger charge is 2.39. The van der Waals surface area contributed by atoms with Crippen molar-refractivity contribution in [3.63, 3.8) is 0 Å². The topological polar surface area (TPSA) is 58.6 Å². The number of esters is 1. The lowest BCUT2D eigenvalue weighted by Gasteiger charge is -2.38. The highest BCUT2D eigenvalue weighted by atomic mass is 32.1. The van der Waals surface area contributed by atoms with Gasteiger partial charge in [0.2, 0.25) is 5.91 Å². The van der Waals surface area contributed by atoms with Crippen molar-refractivity contribution in [2.24, 2.45) is 0 Å². The van der Waals surface area contributed by atoms with E-state index in [9.17, 15) is 9.59 Å². The molecule has 1 amide bonds. The van der Waals surface area contributed by atoms with Crippen molar-refractivity contribution in [3.8, 4) is 0 Å². The normalized spacial score (nSPS) is 17.6. The van der Waals surface area contributed by atoms with Crippen LogP contribution in [0.15, 0.2) is 29.5 Å². The zero-order valence-electron chi connectivity index (χ0n) is 14.6. The first kappa shape index (κ1) is 18.1. The number of rotatable bonds is 3. The minimum absolute atomic E-state index is 0.230. The number of allylic oxidation sites excluding steroid dienone is 1. The van der Waals surface area contributed by atoms with Crippen LogP contribution in [-0.4, -0.2) is 28.5 Å². The Morgan fingerprint density at radius 1 is 1.29 bits per heavy atom. The molecule has 0 saturated heterocycles. The molecule has 128 valence electrons. The van der Waals surface area contributed by atoms with Crippen LogP contribution in [-0.2, 0) is 14.3 Å². The van der Waals surface area contributed by atoms with E-state index in [4.69, 9.17) is 17.0 Å². The predicted molar refractivity (Wildman–Crippen MR) is 96.2 cm³/mol. The van der Waals surface area contributed by atoms with E-state index in [-0.39, 0.29) is 17.6 Å². The summed E-state index contributed by atoms with van der Waals surface area (Å²) in [5.41, 5.74) is 3.99. The second-order valence-corrected chi connectivity index (χ2v) is 6.23. The van der Waals surface area contributed by atoms with E-state index in [2.05, 4.69) is 5.32 Å². The SMILES string of the molecule is CCOC(=O)C1=C(C)NC(=S)N(C(C)=O)C1c1ccc(C)cc1C. The van der Waals surface area contributed by atoms with Gasteiger partial charge >= 0.3 is 5.97 Å². The maximum absolute atomic E-state index is 12.5. The first-order valence-corrected chi connectivity index (χ1v) is 8.24. The summed E-state index contributed by atoms with van der Waals surface area (Å²) in [6.07, 6.45) is 0. The lowest BCUT2D eigenvalue weighted by atomic mass is 9.90. The van der Waals surface area contributed by atoms with Gasteiger partial charge in [-0.15, -0.1) is 0 Å². The fourth-order valence-corrected chi connectivity index (χ4v) is 3.35. The number of aryl methyl sites for hydroxylation is 2. The zero-order valence-corrected chi connectivity index (χ0v) is 15.4. The molecule has 0 radical (unpaired) electrons. The molecule has 1 aliphatic rings. The van der Waals surface area contributed by atoms with Crippen molar-refractivity contribution >= 4 is 29.2 Å². The van der Waals surface area contributed by atoms with Gasteiger partial charge in [0.25, 0.3) is 0 Å². The van der Waals surface area contributed by atoms with Gasteiger partial charge in [-0.2, -0.15) is 0 Å². The summed E-state index contributed by atoms with van der Waals surface area (Å²) in [6, 6.07) is 5.34. The molecule has 1 N–H and O–H groups in total. The minimum atomic E-state index is -0.587. The molecule has 1 atom stereocenters. The molecular formula is C18H22N2O3S. The molecule has 0 bridgehead atoms. The number of hydrogen-bond acceptors (Lipinski definition) is 4. The van der Waals surface area contributed by atoms with Crippen LogP contribution in [0.1, 0.15) is 43.5 Å². The van der Waals surface area contributed by atoms with Crippen LogP contribution in [0.3, 0.4) is 0 Å². The summed E-state index contributed by atoms with van der Waals surface area (Å²) in [4.78, 5) is 26.2. The molecule has 0 saturated carbocycles. The Labute approximate surface area is 147 Å². The van der Waals surface area contributed by atoms with E-state index < -0.39 is 12.0 Å². The van der Waals surface area contributed by atoms with E-state index in [1.807, 2.05) is 32.0 Å². The average Bonchev–Trinajstić information content (AvgIpc) is 2.46. The molecule has 0 fully saturated rings. The number of amides is 1. The molecule has 0 spiro atoms. The number of thiocarbonyl (C=S) groups is 1.